The van der Waals surface area contributed by atoms with Crippen LogP contribution in [0.3, 0.4) is 0 Å². The molecule has 1 N–H and O–H groups in total. The summed E-state index contributed by atoms with van der Waals surface area (Å²) in [5.41, 5.74) is 3.41. The van der Waals surface area contributed by atoms with Crippen molar-refractivity contribution in [3.05, 3.63) is 52.1 Å². The van der Waals surface area contributed by atoms with Crippen molar-refractivity contribution in [3.8, 4) is 17.0 Å². The molecule has 0 aliphatic rings. The molecule has 0 saturated carbocycles. The highest BCUT2D eigenvalue weighted by molar-refractivity contribution is 5.69. The fraction of sp³-hybridized carbons (Fsp3) is 0.250. The van der Waals surface area contributed by atoms with E-state index in [0.717, 1.165) is 22.6 Å². The van der Waals surface area contributed by atoms with Crippen LogP contribution in [0.15, 0.2) is 35.4 Å². The van der Waals surface area contributed by atoms with Crippen LogP contribution in [-0.4, -0.2) is 33.5 Å². The van der Waals surface area contributed by atoms with Gasteiger partial charge in [-0.3, -0.25) is 14.2 Å². The summed E-state index contributed by atoms with van der Waals surface area (Å²) in [5.74, 6) is 1.30. The van der Waals surface area contributed by atoms with Gasteiger partial charge in [-0.15, -0.1) is 0 Å². The van der Waals surface area contributed by atoms with Crippen molar-refractivity contribution in [3.63, 3.8) is 0 Å². The van der Waals surface area contributed by atoms with Crippen molar-refractivity contribution >= 4 is 5.78 Å². The zero-order valence-electron chi connectivity index (χ0n) is 13.0. The van der Waals surface area contributed by atoms with Crippen LogP contribution >= 0.6 is 0 Å². The minimum atomic E-state index is -0.123. The number of aromatic nitrogens is 3. The van der Waals surface area contributed by atoms with Gasteiger partial charge in [0.25, 0.3) is 5.56 Å². The highest BCUT2D eigenvalue weighted by atomic mass is 16.7. The summed E-state index contributed by atoms with van der Waals surface area (Å²) in [6, 6.07) is 5.82. The zero-order chi connectivity index (χ0) is 15.9. The minimum absolute atomic E-state index is 0.123. The number of benzene rings is 1. The summed E-state index contributed by atoms with van der Waals surface area (Å²) in [6.45, 7) is 3.82. The summed E-state index contributed by atoms with van der Waals surface area (Å²) in [6.07, 6.45) is 3.52. The van der Waals surface area contributed by atoms with Crippen LogP contribution in [0, 0.1) is 13.8 Å². The van der Waals surface area contributed by atoms with Crippen molar-refractivity contribution in [1.82, 2.24) is 19.4 Å². The minimum Gasteiger partial charge on any atom is -0.407 e. The van der Waals surface area contributed by atoms with Crippen LogP contribution in [0.1, 0.15) is 11.1 Å². The Morgan fingerprint density at radius 1 is 1.27 bits per heavy atom. The molecule has 1 aromatic carbocycles. The molecule has 0 radical (unpaired) electrons. The highest BCUT2D eigenvalue weighted by Crippen LogP contribution is 2.28. The first-order valence-corrected chi connectivity index (χ1v) is 6.99. The second kappa shape index (κ2) is 5.31. The number of nitrogens with one attached hydrogen (secondary N) is 1. The van der Waals surface area contributed by atoms with E-state index in [1.54, 1.807) is 11.3 Å². The average Bonchev–Trinajstić information content (AvgIpc) is 2.88. The van der Waals surface area contributed by atoms with Gasteiger partial charge < -0.3 is 4.84 Å². The number of hydroxylamine groups is 2. The van der Waals surface area contributed by atoms with Crippen LogP contribution in [0.2, 0.25) is 0 Å². The first-order chi connectivity index (χ1) is 10.5. The molecule has 0 aliphatic carbocycles. The number of aromatic amines is 1. The smallest absolute Gasteiger partial charge is 0.255 e. The van der Waals surface area contributed by atoms with Crippen molar-refractivity contribution in [2.75, 3.05) is 14.1 Å². The predicted molar refractivity (Wildman–Crippen MR) is 85.0 cm³/mol. The fourth-order valence-electron chi connectivity index (χ4n) is 2.56. The molecule has 6 nitrogen and oxygen atoms in total. The number of rotatable bonds is 3. The number of imidazole rings is 1. The highest BCUT2D eigenvalue weighted by Gasteiger charge is 2.14. The molecule has 0 spiro atoms. The lowest BCUT2D eigenvalue weighted by molar-refractivity contribution is -0.00329. The molecular weight excluding hydrogens is 280 g/mol. The van der Waals surface area contributed by atoms with E-state index >= 15 is 0 Å². The third kappa shape index (κ3) is 2.37. The van der Waals surface area contributed by atoms with Crippen molar-refractivity contribution in [1.29, 1.82) is 0 Å². The summed E-state index contributed by atoms with van der Waals surface area (Å²) >= 11 is 0. The standard InChI is InChI=1S/C16H18N4O2/c1-10-9-12(22-19(3)4)5-6-13(10)14-11(2)15(21)18-16-17-7-8-20(14)16/h5-9H,1-4H3,(H,17,18,21). The predicted octanol–water partition coefficient (Wildman–Crippen LogP) is 2.16. The van der Waals surface area contributed by atoms with E-state index in [1.165, 1.54) is 0 Å². The summed E-state index contributed by atoms with van der Waals surface area (Å²) in [7, 11) is 3.66. The summed E-state index contributed by atoms with van der Waals surface area (Å²) in [5, 5.41) is 1.64. The molecule has 3 rings (SSSR count). The number of hydrogen-bond acceptors (Lipinski definition) is 4. The van der Waals surface area contributed by atoms with Gasteiger partial charge in [0.05, 0.1) is 5.69 Å². The quantitative estimate of drug-likeness (QED) is 0.753. The van der Waals surface area contributed by atoms with Crippen LogP contribution in [0.5, 0.6) is 5.75 Å². The van der Waals surface area contributed by atoms with E-state index in [4.69, 9.17) is 4.84 Å². The Kier molecular flexibility index (Phi) is 3.46. The molecule has 2 heterocycles. The van der Waals surface area contributed by atoms with E-state index in [0.29, 0.717) is 11.3 Å². The van der Waals surface area contributed by atoms with Crippen molar-refractivity contribution < 1.29 is 4.84 Å². The summed E-state index contributed by atoms with van der Waals surface area (Å²) < 4.78 is 1.89. The Morgan fingerprint density at radius 3 is 2.73 bits per heavy atom. The van der Waals surface area contributed by atoms with E-state index in [9.17, 15) is 4.79 Å². The lowest BCUT2D eigenvalue weighted by Gasteiger charge is -2.15. The van der Waals surface area contributed by atoms with Crippen molar-refractivity contribution in [2.45, 2.75) is 13.8 Å². The van der Waals surface area contributed by atoms with Gasteiger partial charge in [0.1, 0.15) is 5.75 Å². The third-order valence-electron chi connectivity index (χ3n) is 3.54. The maximum absolute atomic E-state index is 12.1. The van der Waals surface area contributed by atoms with Crippen LogP contribution in [0.25, 0.3) is 17.0 Å². The first kappa shape index (κ1) is 14.3. The Balaban J connectivity index is 2.21. The molecule has 0 aliphatic heterocycles. The lowest BCUT2D eigenvalue weighted by Crippen LogP contribution is -2.16. The van der Waals surface area contributed by atoms with Gasteiger partial charge in [-0.1, -0.05) is 0 Å². The molecule has 22 heavy (non-hydrogen) atoms. The summed E-state index contributed by atoms with van der Waals surface area (Å²) in [4.78, 5) is 24.6. The van der Waals surface area contributed by atoms with Gasteiger partial charge in [-0.05, 0) is 37.6 Å². The van der Waals surface area contributed by atoms with Gasteiger partial charge >= 0.3 is 0 Å². The fourth-order valence-corrected chi connectivity index (χ4v) is 2.56. The van der Waals surface area contributed by atoms with Gasteiger partial charge in [0.15, 0.2) is 0 Å². The second-order valence-electron chi connectivity index (χ2n) is 5.43. The molecule has 2 aromatic heterocycles. The van der Waals surface area contributed by atoms with E-state index in [1.807, 2.05) is 56.7 Å². The van der Waals surface area contributed by atoms with Gasteiger partial charge in [0, 0.05) is 37.6 Å². The van der Waals surface area contributed by atoms with E-state index in [2.05, 4.69) is 9.97 Å². The molecule has 0 saturated heterocycles. The largest absolute Gasteiger partial charge is 0.407 e. The Bertz CT molecular complexity index is 893. The van der Waals surface area contributed by atoms with E-state index in [-0.39, 0.29) is 5.56 Å². The second-order valence-corrected chi connectivity index (χ2v) is 5.43. The molecule has 6 heteroatoms. The van der Waals surface area contributed by atoms with Crippen LogP contribution in [0.4, 0.5) is 0 Å². The van der Waals surface area contributed by atoms with Gasteiger partial charge in [-0.2, -0.15) is 5.06 Å². The number of fused-ring (bicyclic) bond motifs is 1. The molecule has 0 bridgehead atoms. The Morgan fingerprint density at radius 2 is 2.05 bits per heavy atom. The Labute approximate surface area is 127 Å². The molecule has 0 atom stereocenters. The number of H-pyrrole nitrogens is 1. The van der Waals surface area contributed by atoms with Crippen LogP contribution < -0.4 is 10.4 Å². The molecule has 0 unspecified atom stereocenters. The van der Waals surface area contributed by atoms with Gasteiger partial charge in [0.2, 0.25) is 5.78 Å². The zero-order valence-corrected chi connectivity index (χ0v) is 13.0. The van der Waals surface area contributed by atoms with Crippen LogP contribution in [-0.2, 0) is 0 Å². The SMILES string of the molecule is Cc1cc(ON(C)C)ccc1-c1c(C)c(=O)[nH]c2nccn12. The van der Waals surface area contributed by atoms with E-state index < -0.39 is 0 Å². The van der Waals surface area contributed by atoms with Crippen molar-refractivity contribution in [2.24, 2.45) is 0 Å². The number of hydrogen-bond donors (Lipinski definition) is 1. The molecule has 0 amide bonds. The average molecular weight is 298 g/mol. The first-order valence-electron chi connectivity index (χ1n) is 6.99. The molecule has 114 valence electrons. The topological polar surface area (TPSA) is 62.6 Å². The molecule has 0 fully saturated rings. The molecular formula is C16H18N4O2. The Hall–Kier alpha value is -2.60. The lowest BCUT2D eigenvalue weighted by atomic mass is 10.0. The maximum Gasteiger partial charge on any atom is 0.255 e. The maximum atomic E-state index is 12.1. The normalized spacial score (nSPS) is 11.3. The third-order valence-corrected chi connectivity index (χ3v) is 3.54. The van der Waals surface area contributed by atoms with Gasteiger partial charge in [-0.25, -0.2) is 4.98 Å². The monoisotopic (exact) mass is 298 g/mol. The molecule has 3 aromatic rings. The number of aryl methyl sites for hydroxylation is 1. The number of nitrogens with zero attached hydrogens (tertiary/aromatic N) is 3.